The van der Waals surface area contributed by atoms with E-state index in [-0.39, 0.29) is 17.4 Å². The lowest BCUT2D eigenvalue weighted by Gasteiger charge is -2.15. The Morgan fingerprint density at radius 2 is 1.90 bits per heavy atom. The number of amides is 1. The van der Waals surface area contributed by atoms with Crippen LogP contribution in [-0.4, -0.2) is 46.6 Å². The van der Waals surface area contributed by atoms with E-state index in [9.17, 15) is 9.59 Å². The molecule has 1 aromatic rings. The highest BCUT2D eigenvalue weighted by Gasteiger charge is 2.21. The van der Waals surface area contributed by atoms with E-state index in [0.717, 1.165) is 0 Å². The molecule has 0 N–H and O–H groups in total. The average molecular weight is 311 g/mol. The first-order valence-corrected chi connectivity index (χ1v) is 7.49. The molecule has 7 heteroatoms. The first-order valence-electron chi connectivity index (χ1n) is 6.50. The highest BCUT2D eigenvalue weighted by atomic mass is 32.2. The summed E-state index contributed by atoms with van der Waals surface area (Å²) >= 11 is 1.24. The number of carbonyl (C=O) groups excluding carboxylic acids is 2. The molecule has 0 radical (unpaired) electrons. The van der Waals surface area contributed by atoms with Gasteiger partial charge < -0.3 is 9.64 Å². The van der Waals surface area contributed by atoms with Crippen LogP contribution in [0, 0.1) is 12.3 Å². The number of rotatable bonds is 4. The van der Waals surface area contributed by atoms with Crippen molar-refractivity contribution in [2.75, 3.05) is 19.8 Å². The Kier molecular flexibility index (Phi) is 5.71. The maximum absolute atomic E-state index is 11.9. The normalized spacial score (nSPS) is 11.1. The second-order valence-electron chi connectivity index (χ2n) is 5.85. The van der Waals surface area contributed by atoms with Gasteiger partial charge in [-0.1, -0.05) is 32.5 Å². The number of aryl methyl sites for hydroxylation is 1. The van der Waals surface area contributed by atoms with Gasteiger partial charge in [-0.05, 0) is 6.92 Å². The van der Waals surface area contributed by atoms with Gasteiger partial charge in [-0.2, -0.15) is 4.98 Å². The minimum atomic E-state index is -0.505. The lowest BCUT2D eigenvalue weighted by atomic mass is 9.92. The van der Waals surface area contributed by atoms with Crippen LogP contribution in [0.15, 0.2) is 11.2 Å². The summed E-state index contributed by atoms with van der Waals surface area (Å²) in [6, 6.07) is 1.58. The molecule has 116 valence electrons. The number of ether oxygens (including phenoxy) is 1. The summed E-state index contributed by atoms with van der Waals surface area (Å²) in [6.07, 6.45) is -0.505. The maximum Gasteiger partial charge on any atom is 0.416 e. The molecule has 0 unspecified atom stereocenters. The smallest absolute Gasteiger partial charge is 0.391 e. The predicted molar refractivity (Wildman–Crippen MR) is 81.7 cm³/mol. The van der Waals surface area contributed by atoms with E-state index in [0.29, 0.717) is 10.9 Å². The second kappa shape index (κ2) is 6.89. The van der Waals surface area contributed by atoms with E-state index >= 15 is 0 Å². The summed E-state index contributed by atoms with van der Waals surface area (Å²) in [5.41, 5.74) is 0.286. The molecule has 0 atom stereocenters. The molecule has 6 nitrogen and oxygen atoms in total. The minimum absolute atomic E-state index is 0.115. The van der Waals surface area contributed by atoms with Gasteiger partial charge in [0, 0.05) is 31.3 Å². The number of hydrogen-bond acceptors (Lipinski definition) is 6. The Balaban J connectivity index is 2.78. The molecule has 0 bridgehead atoms. The van der Waals surface area contributed by atoms with Crippen LogP contribution in [0.25, 0.3) is 0 Å². The van der Waals surface area contributed by atoms with Crippen molar-refractivity contribution in [3.8, 4) is 5.88 Å². The minimum Gasteiger partial charge on any atom is -0.391 e. The van der Waals surface area contributed by atoms with Gasteiger partial charge >= 0.3 is 6.09 Å². The number of nitrogens with zero attached hydrogens (tertiary/aromatic N) is 3. The molecule has 0 aliphatic carbocycles. The zero-order valence-corrected chi connectivity index (χ0v) is 14.1. The largest absolute Gasteiger partial charge is 0.416 e. The Labute approximate surface area is 129 Å². The molecule has 1 heterocycles. The Morgan fingerprint density at radius 3 is 2.43 bits per heavy atom. The maximum atomic E-state index is 11.9. The van der Waals surface area contributed by atoms with Crippen LogP contribution in [0.3, 0.4) is 0 Å². The SMILES string of the molecule is Cc1cc(OC(=O)N(C)C)nc(SCC(=O)C(C)(C)C)n1. The van der Waals surface area contributed by atoms with Crippen molar-refractivity contribution in [3.05, 3.63) is 11.8 Å². The quantitative estimate of drug-likeness (QED) is 0.628. The number of thioether (sulfide) groups is 1. The molecule has 0 aromatic carbocycles. The molecule has 1 amide bonds. The third kappa shape index (κ3) is 5.71. The Bertz CT molecular complexity index is 539. The van der Waals surface area contributed by atoms with Crippen molar-refractivity contribution in [1.29, 1.82) is 0 Å². The van der Waals surface area contributed by atoms with E-state index in [2.05, 4.69) is 9.97 Å². The molecular weight excluding hydrogens is 290 g/mol. The van der Waals surface area contributed by atoms with Crippen molar-refractivity contribution in [1.82, 2.24) is 14.9 Å². The van der Waals surface area contributed by atoms with Crippen LogP contribution in [0.5, 0.6) is 5.88 Å². The van der Waals surface area contributed by atoms with E-state index < -0.39 is 11.5 Å². The van der Waals surface area contributed by atoms with Gasteiger partial charge in [0.1, 0.15) is 5.78 Å². The van der Waals surface area contributed by atoms with E-state index in [4.69, 9.17) is 4.74 Å². The molecule has 0 aliphatic rings. The van der Waals surface area contributed by atoms with Crippen molar-refractivity contribution in [2.45, 2.75) is 32.9 Å². The fraction of sp³-hybridized carbons (Fsp3) is 0.571. The van der Waals surface area contributed by atoms with Crippen LogP contribution in [-0.2, 0) is 4.79 Å². The lowest BCUT2D eigenvalue weighted by Crippen LogP contribution is -2.25. The number of Topliss-reactive ketones (excluding diaryl/α,β-unsaturated/α-hetero) is 1. The Morgan fingerprint density at radius 1 is 1.29 bits per heavy atom. The summed E-state index contributed by atoms with van der Waals surface area (Å²) < 4.78 is 5.11. The Hall–Kier alpha value is -1.63. The van der Waals surface area contributed by atoms with Gasteiger partial charge in [-0.25, -0.2) is 9.78 Å². The topological polar surface area (TPSA) is 72.4 Å². The molecule has 1 aromatic heterocycles. The van der Waals surface area contributed by atoms with Gasteiger partial charge in [0.2, 0.25) is 5.88 Å². The molecule has 1 rings (SSSR count). The monoisotopic (exact) mass is 311 g/mol. The zero-order valence-electron chi connectivity index (χ0n) is 13.3. The summed E-state index contributed by atoms with van der Waals surface area (Å²) in [5, 5.41) is 0.425. The van der Waals surface area contributed by atoms with E-state index in [1.165, 1.54) is 16.7 Å². The zero-order chi connectivity index (χ0) is 16.2. The van der Waals surface area contributed by atoms with Gasteiger partial charge in [0.15, 0.2) is 5.16 Å². The van der Waals surface area contributed by atoms with Gasteiger partial charge in [0.25, 0.3) is 0 Å². The first kappa shape index (κ1) is 17.4. The predicted octanol–water partition coefficient (Wildman–Crippen LogP) is 2.55. The summed E-state index contributed by atoms with van der Waals surface area (Å²) in [6.45, 7) is 7.40. The van der Waals surface area contributed by atoms with Crippen molar-refractivity contribution in [2.24, 2.45) is 5.41 Å². The van der Waals surface area contributed by atoms with Gasteiger partial charge in [-0.3, -0.25) is 4.79 Å². The van der Waals surface area contributed by atoms with E-state index in [1.54, 1.807) is 27.1 Å². The van der Waals surface area contributed by atoms with E-state index in [1.807, 2.05) is 20.8 Å². The fourth-order valence-electron chi connectivity index (χ4n) is 1.16. The number of hydrogen-bond donors (Lipinski definition) is 0. The summed E-state index contributed by atoms with van der Waals surface area (Å²) in [7, 11) is 3.18. The average Bonchev–Trinajstić information content (AvgIpc) is 2.33. The van der Waals surface area contributed by atoms with Gasteiger partial charge in [0.05, 0.1) is 5.75 Å². The van der Waals surface area contributed by atoms with Crippen molar-refractivity contribution >= 4 is 23.6 Å². The van der Waals surface area contributed by atoms with Crippen LogP contribution in [0.1, 0.15) is 26.5 Å². The number of aromatic nitrogens is 2. The van der Waals surface area contributed by atoms with Crippen molar-refractivity contribution < 1.29 is 14.3 Å². The highest BCUT2D eigenvalue weighted by Crippen LogP contribution is 2.23. The van der Waals surface area contributed by atoms with Crippen molar-refractivity contribution in [3.63, 3.8) is 0 Å². The van der Waals surface area contributed by atoms with Crippen LogP contribution < -0.4 is 4.74 Å². The summed E-state index contributed by atoms with van der Waals surface area (Å²) in [5.74, 6) is 0.588. The molecule has 0 fully saturated rings. The molecule has 0 aliphatic heterocycles. The standard InChI is InChI=1S/C14H21N3O3S/c1-9-7-11(20-13(19)17(5)6)16-12(15-9)21-8-10(18)14(2,3)4/h7H,8H2,1-6H3. The molecule has 0 saturated carbocycles. The molecule has 21 heavy (non-hydrogen) atoms. The molecular formula is C14H21N3O3S. The van der Waals surface area contributed by atoms with Crippen LogP contribution in [0.2, 0.25) is 0 Å². The highest BCUT2D eigenvalue weighted by molar-refractivity contribution is 7.99. The van der Waals surface area contributed by atoms with Crippen LogP contribution >= 0.6 is 11.8 Å². The third-order valence-corrected chi connectivity index (χ3v) is 3.38. The number of carbonyl (C=O) groups is 2. The summed E-state index contributed by atoms with van der Waals surface area (Å²) in [4.78, 5) is 33.1. The van der Waals surface area contributed by atoms with Gasteiger partial charge in [-0.15, -0.1) is 0 Å². The first-order chi connectivity index (χ1) is 9.59. The lowest BCUT2D eigenvalue weighted by molar-refractivity contribution is -0.123. The van der Waals surface area contributed by atoms with Crippen LogP contribution in [0.4, 0.5) is 4.79 Å². The fourth-order valence-corrected chi connectivity index (χ4v) is 2.21. The third-order valence-electron chi connectivity index (χ3n) is 2.54. The number of ketones is 1. The second-order valence-corrected chi connectivity index (χ2v) is 6.80. The molecule has 0 saturated heterocycles. The molecule has 0 spiro atoms.